The average molecular weight is 294 g/mol. The van der Waals surface area contributed by atoms with E-state index in [-0.39, 0.29) is 5.56 Å². The molecule has 0 fully saturated rings. The van der Waals surface area contributed by atoms with Crippen molar-refractivity contribution < 1.29 is 26.7 Å². The number of amides is 1. The van der Waals surface area contributed by atoms with Crippen LogP contribution in [-0.4, -0.2) is 24.6 Å². The van der Waals surface area contributed by atoms with E-state index in [9.17, 15) is 26.7 Å². The summed E-state index contributed by atoms with van der Waals surface area (Å²) >= 11 is 0. The molecule has 1 aromatic rings. The summed E-state index contributed by atoms with van der Waals surface area (Å²) in [6, 6.07) is 0.897. The molecule has 1 aliphatic rings. The topological polar surface area (TPSA) is 55.1 Å². The van der Waals surface area contributed by atoms with Crippen LogP contribution >= 0.6 is 0 Å². The van der Waals surface area contributed by atoms with Gasteiger partial charge in [-0.05, 0) is 23.6 Å². The van der Waals surface area contributed by atoms with Gasteiger partial charge in [0.25, 0.3) is 5.91 Å². The van der Waals surface area contributed by atoms with E-state index in [1.54, 1.807) is 0 Å². The highest BCUT2D eigenvalue weighted by molar-refractivity contribution is 5.96. The van der Waals surface area contributed by atoms with Gasteiger partial charge in [0, 0.05) is 12.1 Å². The van der Waals surface area contributed by atoms with Gasteiger partial charge in [-0.15, -0.1) is 0 Å². The van der Waals surface area contributed by atoms with Crippen molar-refractivity contribution in [2.24, 2.45) is 5.73 Å². The molecule has 1 aromatic carbocycles. The molecule has 0 aromatic heterocycles. The van der Waals surface area contributed by atoms with E-state index in [1.807, 2.05) is 0 Å². The summed E-state index contributed by atoms with van der Waals surface area (Å²) in [5, 5.41) is 2.48. The Labute approximate surface area is 110 Å². The van der Waals surface area contributed by atoms with E-state index in [0.717, 1.165) is 12.1 Å². The Morgan fingerprint density at radius 3 is 2.45 bits per heavy atom. The van der Waals surface area contributed by atoms with Gasteiger partial charge in [0.05, 0.1) is 0 Å². The number of benzene rings is 1. The smallest absolute Gasteiger partial charge is 0.352 e. The van der Waals surface area contributed by atoms with Crippen LogP contribution in [0.25, 0.3) is 0 Å². The van der Waals surface area contributed by atoms with Crippen LogP contribution < -0.4 is 11.1 Å². The van der Waals surface area contributed by atoms with Crippen LogP contribution in [0.1, 0.15) is 27.5 Å². The molecular formula is C12H11F5N2O. The minimum atomic E-state index is -5.75. The summed E-state index contributed by atoms with van der Waals surface area (Å²) in [6.45, 7) is 0.399. The maximum atomic E-state index is 13.2. The van der Waals surface area contributed by atoms with Crippen LogP contribution in [0.4, 0.5) is 22.0 Å². The highest BCUT2D eigenvalue weighted by Crippen LogP contribution is 2.43. The first kappa shape index (κ1) is 14.7. The Bertz CT molecular complexity index is 541. The molecule has 1 aliphatic heterocycles. The highest BCUT2D eigenvalue weighted by atomic mass is 19.4. The Morgan fingerprint density at radius 2 is 1.85 bits per heavy atom. The number of rotatable bonds is 2. The fraction of sp³-hybridized carbons (Fsp3) is 0.417. The number of hydrogen-bond acceptors (Lipinski definition) is 2. The fourth-order valence-electron chi connectivity index (χ4n) is 2.01. The van der Waals surface area contributed by atoms with Gasteiger partial charge < -0.3 is 11.1 Å². The van der Waals surface area contributed by atoms with Gasteiger partial charge in [-0.2, -0.15) is 22.0 Å². The second kappa shape index (κ2) is 4.69. The van der Waals surface area contributed by atoms with Crippen molar-refractivity contribution >= 4 is 5.91 Å². The van der Waals surface area contributed by atoms with Gasteiger partial charge >= 0.3 is 12.1 Å². The first-order valence-electron chi connectivity index (χ1n) is 5.75. The van der Waals surface area contributed by atoms with E-state index < -0.39 is 29.6 Å². The third-order valence-electron chi connectivity index (χ3n) is 3.19. The first-order valence-corrected chi connectivity index (χ1v) is 5.75. The van der Waals surface area contributed by atoms with Gasteiger partial charge in [-0.3, -0.25) is 4.79 Å². The molecule has 0 saturated carbocycles. The molecule has 1 heterocycles. The van der Waals surface area contributed by atoms with Crippen LogP contribution in [0.5, 0.6) is 0 Å². The van der Waals surface area contributed by atoms with Crippen LogP contribution in [0, 0.1) is 0 Å². The van der Waals surface area contributed by atoms with Crippen LogP contribution in [-0.2, 0) is 6.42 Å². The number of hydrogen-bond donors (Lipinski definition) is 2. The summed E-state index contributed by atoms with van der Waals surface area (Å²) in [5.74, 6) is -5.57. The number of nitrogens with one attached hydrogen (secondary N) is 1. The molecular weight excluding hydrogens is 283 g/mol. The minimum Gasteiger partial charge on any atom is -0.352 e. The maximum absolute atomic E-state index is 13.2. The Kier molecular flexibility index (Phi) is 3.45. The van der Waals surface area contributed by atoms with Gasteiger partial charge in [-0.1, -0.05) is 12.1 Å². The Hall–Kier alpha value is -1.70. The molecule has 0 aliphatic carbocycles. The summed E-state index contributed by atoms with van der Waals surface area (Å²) in [4.78, 5) is 11.5. The fourth-order valence-corrected chi connectivity index (χ4v) is 2.01. The number of carbonyl (C=O) groups is 1. The van der Waals surface area contributed by atoms with Crippen molar-refractivity contribution in [2.75, 3.05) is 6.54 Å². The van der Waals surface area contributed by atoms with Crippen LogP contribution in [0.2, 0.25) is 0 Å². The van der Waals surface area contributed by atoms with E-state index >= 15 is 0 Å². The van der Waals surface area contributed by atoms with Gasteiger partial charge in [0.15, 0.2) is 0 Å². The summed E-state index contributed by atoms with van der Waals surface area (Å²) in [5.41, 5.74) is 5.29. The van der Waals surface area contributed by atoms with Crippen molar-refractivity contribution in [3.05, 3.63) is 34.9 Å². The number of nitrogens with two attached hydrogens (primary N) is 1. The van der Waals surface area contributed by atoms with E-state index in [2.05, 4.69) is 5.32 Å². The van der Waals surface area contributed by atoms with Crippen LogP contribution in [0.3, 0.4) is 0 Å². The van der Waals surface area contributed by atoms with Gasteiger partial charge in [0.2, 0.25) is 0 Å². The van der Waals surface area contributed by atoms with Crippen molar-refractivity contribution in [1.29, 1.82) is 0 Å². The molecule has 3 N–H and O–H groups in total. The highest BCUT2D eigenvalue weighted by Gasteiger charge is 2.61. The number of halogens is 5. The maximum Gasteiger partial charge on any atom is 0.455 e. The first-order chi connectivity index (χ1) is 9.14. The zero-order chi connectivity index (χ0) is 15.1. The minimum absolute atomic E-state index is 0.0853. The predicted octanol–water partition coefficient (Wildman–Crippen LogP) is 2.17. The quantitative estimate of drug-likeness (QED) is 0.821. The second-order valence-corrected chi connectivity index (χ2v) is 4.52. The largest absolute Gasteiger partial charge is 0.455 e. The average Bonchev–Trinajstić information content (AvgIpc) is 2.36. The molecule has 0 spiro atoms. The second-order valence-electron chi connectivity index (χ2n) is 4.52. The molecule has 20 heavy (non-hydrogen) atoms. The number of carbonyl (C=O) groups excluding carboxylic acids is 1. The van der Waals surface area contributed by atoms with Crippen molar-refractivity contribution in [1.82, 2.24) is 5.32 Å². The molecule has 0 radical (unpaired) electrons. The lowest BCUT2D eigenvalue weighted by Gasteiger charge is -2.27. The monoisotopic (exact) mass is 294 g/mol. The Morgan fingerprint density at radius 1 is 1.20 bits per heavy atom. The molecule has 1 unspecified atom stereocenters. The molecule has 0 bridgehead atoms. The van der Waals surface area contributed by atoms with E-state index in [4.69, 9.17) is 5.73 Å². The summed E-state index contributed by atoms with van der Waals surface area (Å²) < 4.78 is 63.2. The number of fused-ring (bicyclic) bond motifs is 1. The zero-order valence-electron chi connectivity index (χ0n) is 10.1. The van der Waals surface area contributed by atoms with E-state index in [0.29, 0.717) is 18.5 Å². The standard InChI is InChI=1S/C12H11F5N2O/c13-11(14,12(15,16)17)9(18)7-2-1-6-3-4-19-10(20)8(6)5-7/h1-2,5,9H,3-4,18H2,(H,19,20). The lowest BCUT2D eigenvalue weighted by atomic mass is 9.93. The zero-order valence-corrected chi connectivity index (χ0v) is 10.1. The molecule has 2 rings (SSSR count). The molecule has 0 saturated heterocycles. The molecule has 1 atom stereocenters. The lowest BCUT2D eigenvalue weighted by molar-refractivity contribution is -0.291. The van der Waals surface area contributed by atoms with Gasteiger partial charge in [-0.25, -0.2) is 0 Å². The Balaban J connectivity index is 2.39. The third-order valence-corrected chi connectivity index (χ3v) is 3.19. The van der Waals surface area contributed by atoms with Crippen molar-refractivity contribution in [2.45, 2.75) is 24.6 Å². The van der Waals surface area contributed by atoms with Crippen molar-refractivity contribution in [3.8, 4) is 0 Å². The molecule has 3 nitrogen and oxygen atoms in total. The molecule has 8 heteroatoms. The molecule has 1 amide bonds. The van der Waals surface area contributed by atoms with Gasteiger partial charge in [0.1, 0.15) is 6.04 Å². The third kappa shape index (κ3) is 2.35. The van der Waals surface area contributed by atoms with Crippen molar-refractivity contribution in [3.63, 3.8) is 0 Å². The molecule has 110 valence electrons. The lowest BCUT2D eigenvalue weighted by Crippen LogP contribution is -2.46. The summed E-state index contributed by atoms with van der Waals surface area (Å²) in [6.07, 6.45) is -5.25. The number of alkyl halides is 5. The normalized spacial score (nSPS) is 17.4. The SMILES string of the molecule is NC(c1ccc2c(c1)C(=O)NCC2)C(F)(F)C(F)(F)F. The van der Waals surface area contributed by atoms with Crippen LogP contribution in [0.15, 0.2) is 18.2 Å². The van der Waals surface area contributed by atoms with E-state index in [1.165, 1.54) is 6.07 Å². The predicted molar refractivity (Wildman–Crippen MR) is 60.4 cm³/mol. The summed E-state index contributed by atoms with van der Waals surface area (Å²) in [7, 11) is 0.